The fourth-order valence-electron chi connectivity index (χ4n) is 1.90. The Bertz CT molecular complexity index is 493. The zero-order chi connectivity index (χ0) is 17.3. The van der Waals surface area contributed by atoms with Gasteiger partial charge in [-0.1, -0.05) is 37.3 Å². The van der Waals surface area contributed by atoms with Gasteiger partial charge in [-0.2, -0.15) is 0 Å². The van der Waals surface area contributed by atoms with Gasteiger partial charge in [0.15, 0.2) is 5.78 Å². The topological polar surface area (TPSA) is 55.8 Å². The van der Waals surface area contributed by atoms with Crippen molar-refractivity contribution < 1.29 is 19.1 Å². The molecular formula is C18H27NO4. The van der Waals surface area contributed by atoms with Crippen LogP contribution in [0.15, 0.2) is 30.3 Å². The van der Waals surface area contributed by atoms with E-state index in [4.69, 9.17) is 9.47 Å². The van der Waals surface area contributed by atoms with E-state index in [9.17, 15) is 9.59 Å². The first kappa shape index (κ1) is 19.2. The van der Waals surface area contributed by atoms with Gasteiger partial charge in [0.1, 0.15) is 12.2 Å². The number of rotatable bonds is 8. The van der Waals surface area contributed by atoms with E-state index in [1.54, 1.807) is 20.8 Å². The van der Waals surface area contributed by atoms with E-state index in [2.05, 4.69) is 0 Å². The second-order valence-electron chi connectivity index (χ2n) is 6.41. The van der Waals surface area contributed by atoms with Crippen LogP contribution in [-0.2, 0) is 20.8 Å². The van der Waals surface area contributed by atoms with Gasteiger partial charge in [-0.25, -0.2) is 4.79 Å². The molecule has 0 aliphatic rings. The van der Waals surface area contributed by atoms with Crippen molar-refractivity contribution in [3.63, 3.8) is 0 Å². The molecule has 0 bridgehead atoms. The SMILES string of the molecule is CCCOCC(=O)CN(Cc1ccccc1)C(=O)OC(C)(C)C. The normalized spacial score (nSPS) is 11.1. The predicted molar refractivity (Wildman–Crippen MR) is 89.2 cm³/mol. The summed E-state index contributed by atoms with van der Waals surface area (Å²) in [5, 5.41) is 0. The van der Waals surface area contributed by atoms with E-state index in [-0.39, 0.29) is 18.9 Å². The number of Topliss-reactive ketones (excluding diaryl/α,β-unsaturated/α-hetero) is 1. The Hall–Kier alpha value is -1.88. The average Bonchev–Trinajstić information content (AvgIpc) is 2.46. The summed E-state index contributed by atoms with van der Waals surface area (Å²) in [7, 11) is 0. The molecule has 5 heteroatoms. The number of nitrogens with zero attached hydrogens (tertiary/aromatic N) is 1. The Labute approximate surface area is 138 Å². The molecule has 0 N–H and O–H groups in total. The van der Waals surface area contributed by atoms with Gasteiger partial charge >= 0.3 is 6.09 Å². The van der Waals surface area contributed by atoms with Gasteiger partial charge in [0, 0.05) is 13.2 Å². The Kier molecular flexibility index (Phi) is 7.75. The molecule has 0 heterocycles. The number of amides is 1. The minimum Gasteiger partial charge on any atom is -0.444 e. The standard InChI is InChI=1S/C18H27NO4/c1-5-11-22-14-16(20)13-19(17(21)23-18(2,3)4)12-15-9-7-6-8-10-15/h6-10H,5,11-14H2,1-4H3. The molecule has 1 aromatic rings. The van der Waals surface area contributed by atoms with Gasteiger partial charge in [-0.3, -0.25) is 9.69 Å². The Morgan fingerprint density at radius 3 is 2.35 bits per heavy atom. The van der Waals surface area contributed by atoms with Crippen LogP contribution in [0, 0.1) is 0 Å². The highest BCUT2D eigenvalue weighted by molar-refractivity contribution is 5.85. The number of ketones is 1. The van der Waals surface area contributed by atoms with Crippen molar-refractivity contribution in [3.8, 4) is 0 Å². The van der Waals surface area contributed by atoms with E-state index in [0.717, 1.165) is 12.0 Å². The van der Waals surface area contributed by atoms with Crippen molar-refractivity contribution in [1.82, 2.24) is 4.90 Å². The van der Waals surface area contributed by atoms with Crippen molar-refractivity contribution in [2.75, 3.05) is 19.8 Å². The number of ether oxygens (including phenoxy) is 2. The molecule has 0 aromatic heterocycles. The van der Waals surface area contributed by atoms with Gasteiger partial charge in [0.05, 0.1) is 6.54 Å². The van der Waals surface area contributed by atoms with Gasteiger partial charge in [0.2, 0.25) is 0 Å². The summed E-state index contributed by atoms with van der Waals surface area (Å²) >= 11 is 0. The molecule has 0 saturated carbocycles. The summed E-state index contributed by atoms with van der Waals surface area (Å²) in [5.41, 5.74) is 0.342. The molecule has 1 amide bonds. The van der Waals surface area contributed by atoms with Gasteiger partial charge in [0.25, 0.3) is 0 Å². The fraction of sp³-hybridized carbons (Fsp3) is 0.556. The molecule has 0 saturated heterocycles. The molecule has 128 valence electrons. The lowest BCUT2D eigenvalue weighted by molar-refractivity contribution is -0.124. The first-order valence-electron chi connectivity index (χ1n) is 7.93. The number of hydrogen-bond donors (Lipinski definition) is 0. The molecule has 23 heavy (non-hydrogen) atoms. The molecule has 0 fully saturated rings. The summed E-state index contributed by atoms with van der Waals surface area (Å²) in [5.74, 6) is -0.139. The summed E-state index contributed by atoms with van der Waals surface area (Å²) in [6, 6.07) is 9.53. The molecular weight excluding hydrogens is 294 g/mol. The van der Waals surface area contributed by atoms with Crippen molar-refractivity contribution in [2.45, 2.75) is 46.3 Å². The number of carbonyl (C=O) groups excluding carboxylic acids is 2. The summed E-state index contributed by atoms with van der Waals surface area (Å²) in [6.45, 7) is 8.25. The largest absolute Gasteiger partial charge is 0.444 e. The maximum Gasteiger partial charge on any atom is 0.410 e. The van der Waals surface area contributed by atoms with Crippen LogP contribution < -0.4 is 0 Å². The first-order valence-corrected chi connectivity index (χ1v) is 7.93. The van der Waals surface area contributed by atoms with Crippen molar-refractivity contribution in [2.24, 2.45) is 0 Å². The van der Waals surface area contributed by atoms with Crippen LogP contribution in [0.5, 0.6) is 0 Å². The third-order valence-electron chi connectivity index (χ3n) is 2.85. The highest BCUT2D eigenvalue weighted by Crippen LogP contribution is 2.12. The lowest BCUT2D eigenvalue weighted by Gasteiger charge is -2.27. The van der Waals surface area contributed by atoms with Crippen LogP contribution in [0.1, 0.15) is 39.7 Å². The minimum absolute atomic E-state index is 0.0158. The lowest BCUT2D eigenvalue weighted by atomic mass is 10.2. The first-order chi connectivity index (χ1) is 10.8. The number of hydrogen-bond acceptors (Lipinski definition) is 4. The van der Waals surface area contributed by atoms with E-state index in [0.29, 0.717) is 13.2 Å². The zero-order valence-electron chi connectivity index (χ0n) is 14.5. The maximum absolute atomic E-state index is 12.3. The predicted octanol–water partition coefficient (Wildman–Crippen LogP) is 3.42. The summed E-state index contributed by atoms with van der Waals surface area (Å²) in [6.07, 6.45) is 0.359. The monoisotopic (exact) mass is 321 g/mol. The number of benzene rings is 1. The van der Waals surface area contributed by atoms with E-state index < -0.39 is 11.7 Å². The number of carbonyl (C=O) groups is 2. The minimum atomic E-state index is -0.603. The van der Waals surface area contributed by atoms with Crippen LogP contribution in [0.2, 0.25) is 0 Å². The molecule has 1 rings (SSSR count). The van der Waals surface area contributed by atoms with Crippen molar-refractivity contribution in [1.29, 1.82) is 0 Å². The summed E-state index contributed by atoms with van der Waals surface area (Å²) in [4.78, 5) is 25.8. The summed E-state index contributed by atoms with van der Waals surface area (Å²) < 4.78 is 10.6. The van der Waals surface area contributed by atoms with Crippen molar-refractivity contribution in [3.05, 3.63) is 35.9 Å². The Morgan fingerprint density at radius 2 is 1.78 bits per heavy atom. The molecule has 0 spiro atoms. The third-order valence-corrected chi connectivity index (χ3v) is 2.85. The van der Waals surface area contributed by atoms with Crippen LogP contribution >= 0.6 is 0 Å². The average molecular weight is 321 g/mol. The highest BCUT2D eigenvalue weighted by Gasteiger charge is 2.24. The van der Waals surface area contributed by atoms with Crippen LogP contribution in [-0.4, -0.2) is 42.1 Å². The Morgan fingerprint density at radius 1 is 1.13 bits per heavy atom. The molecule has 1 aromatic carbocycles. The van der Waals surface area contributed by atoms with Crippen molar-refractivity contribution >= 4 is 11.9 Å². The smallest absolute Gasteiger partial charge is 0.410 e. The van der Waals surface area contributed by atoms with E-state index >= 15 is 0 Å². The zero-order valence-corrected chi connectivity index (χ0v) is 14.5. The maximum atomic E-state index is 12.3. The molecule has 0 radical (unpaired) electrons. The second-order valence-corrected chi connectivity index (χ2v) is 6.41. The molecule has 0 atom stereocenters. The van der Waals surface area contributed by atoms with Gasteiger partial charge in [-0.05, 0) is 32.8 Å². The van der Waals surface area contributed by atoms with Gasteiger partial charge in [-0.15, -0.1) is 0 Å². The van der Waals surface area contributed by atoms with Crippen LogP contribution in [0.4, 0.5) is 4.79 Å². The molecule has 5 nitrogen and oxygen atoms in total. The quantitative estimate of drug-likeness (QED) is 0.688. The molecule has 0 aliphatic heterocycles. The highest BCUT2D eigenvalue weighted by atomic mass is 16.6. The lowest BCUT2D eigenvalue weighted by Crippen LogP contribution is -2.40. The van der Waals surface area contributed by atoms with Gasteiger partial charge < -0.3 is 9.47 Å². The van der Waals surface area contributed by atoms with E-state index in [1.807, 2.05) is 37.3 Å². The van der Waals surface area contributed by atoms with Crippen LogP contribution in [0.25, 0.3) is 0 Å². The Balaban J connectivity index is 2.71. The second kappa shape index (κ2) is 9.30. The van der Waals surface area contributed by atoms with E-state index in [1.165, 1.54) is 4.90 Å². The fourth-order valence-corrected chi connectivity index (χ4v) is 1.90. The van der Waals surface area contributed by atoms with Crippen LogP contribution in [0.3, 0.4) is 0 Å². The molecule has 0 aliphatic carbocycles. The molecule has 0 unspecified atom stereocenters. The third kappa shape index (κ3) is 8.35.